The first-order valence-corrected chi connectivity index (χ1v) is 8.56. The molecule has 0 unspecified atom stereocenters. The van der Waals surface area contributed by atoms with Gasteiger partial charge in [0.15, 0.2) is 0 Å². The van der Waals surface area contributed by atoms with E-state index in [0.717, 1.165) is 42.8 Å². The molecule has 0 radical (unpaired) electrons. The molecular weight excluding hydrogens is 300 g/mol. The van der Waals surface area contributed by atoms with Crippen LogP contribution in [0.4, 0.5) is 0 Å². The number of rotatable bonds is 4. The summed E-state index contributed by atoms with van der Waals surface area (Å²) in [4.78, 5) is 20.1. The van der Waals surface area contributed by atoms with Crippen LogP contribution in [0.15, 0.2) is 36.7 Å². The fourth-order valence-electron chi connectivity index (χ4n) is 3.59. The van der Waals surface area contributed by atoms with E-state index in [1.54, 1.807) is 0 Å². The van der Waals surface area contributed by atoms with Gasteiger partial charge in [-0.25, -0.2) is 4.98 Å². The molecule has 2 N–H and O–H groups in total. The molecule has 3 heterocycles. The van der Waals surface area contributed by atoms with Crippen LogP contribution < -0.4 is 5.32 Å². The van der Waals surface area contributed by atoms with E-state index in [-0.39, 0.29) is 11.9 Å². The zero-order chi connectivity index (χ0) is 16.5. The number of nitrogens with one attached hydrogen (secondary N) is 2. The number of para-hydroxylation sites is 1. The Labute approximate surface area is 141 Å². The number of aromatic nitrogens is 3. The van der Waals surface area contributed by atoms with E-state index < -0.39 is 0 Å². The van der Waals surface area contributed by atoms with Gasteiger partial charge in [0.2, 0.25) is 5.91 Å². The molecule has 1 atom stereocenters. The van der Waals surface area contributed by atoms with Crippen LogP contribution in [0.25, 0.3) is 10.9 Å². The summed E-state index contributed by atoms with van der Waals surface area (Å²) in [6.07, 6.45) is 7.27. The first-order valence-electron chi connectivity index (χ1n) is 8.56. The molecule has 24 heavy (non-hydrogen) atoms. The van der Waals surface area contributed by atoms with Crippen LogP contribution in [0.5, 0.6) is 0 Å². The Balaban J connectivity index is 1.34. The van der Waals surface area contributed by atoms with Crippen LogP contribution in [-0.4, -0.2) is 26.5 Å². The minimum Gasteiger partial charge on any atom is -0.361 e. The number of carbonyl (C=O) groups is 1. The standard InChI is InChI=1S/C19H22N4O/c1-13-11-23-12-15(7-8-18(23)21-13)22-19(24)9-6-14-10-20-17-5-3-2-4-16(14)17/h2-5,10-11,15,20H,6-9,12H2,1H3,(H,22,24)/t15-/m0/s1. The molecule has 1 aliphatic rings. The second kappa shape index (κ2) is 6.15. The molecule has 0 fully saturated rings. The maximum absolute atomic E-state index is 12.3. The van der Waals surface area contributed by atoms with E-state index in [4.69, 9.17) is 0 Å². The highest BCUT2D eigenvalue weighted by atomic mass is 16.1. The lowest BCUT2D eigenvalue weighted by Crippen LogP contribution is -2.40. The average Bonchev–Trinajstić information content (AvgIpc) is 3.15. The summed E-state index contributed by atoms with van der Waals surface area (Å²) >= 11 is 0. The zero-order valence-electron chi connectivity index (χ0n) is 13.9. The lowest BCUT2D eigenvalue weighted by molar-refractivity contribution is -0.121. The maximum Gasteiger partial charge on any atom is 0.220 e. The maximum atomic E-state index is 12.3. The van der Waals surface area contributed by atoms with Gasteiger partial charge in [-0.15, -0.1) is 0 Å². The summed E-state index contributed by atoms with van der Waals surface area (Å²) in [7, 11) is 0. The van der Waals surface area contributed by atoms with Crippen molar-refractivity contribution in [1.29, 1.82) is 0 Å². The fourth-order valence-corrected chi connectivity index (χ4v) is 3.59. The summed E-state index contributed by atoms with van der Waals surface area (Å²) in [6.45, 7) is 2.84. The first-order chi connectivity index (χ1) is 11.7. The highest BCUT2D eigenvalue weighted by Gasteiger charge is 2.21. The molecule has 5 nitrogen and oxygen atoms in total. The first kappa shape index (κ1) is 15.0. The van der Waals surface area contributed by atoms with Gasteiger partial charge in [-0.3, -0.25) is 4.79 Å². The Hall–Kier alpha value is -2.56. The third kappa shape index (κ3) is 2.94. The van der Waals surface area contributed by atoms with Crippen LogP contribution in [0, 0.1) is 6.92 Å². The topological polar surface area (TPSA) is 62.7 Å². The van der Waals surface area contributed by atoms with Gasteiger partial charge in [-0.1, -0.05) is 18.2 Å². The van der Waals surface area contributed by atoms with Crippen molar-refractivity contribution in [1.82, 2.24) is 19.9 Å². The summed E-state index contributed by atoms with van der Waals surface area (Å²) in [6, 6.07) is 8.42. The molecule has 0 saturated carbocycles. The molecule has 5 heteroatoms. The third-order valence-electron chi connectivity index (χ3n) is 4.77. The van der Waals surface area contributed by atoms with Crippen LogP contribution in [0.2, 0.25) is 0 Å². The van der Waals surface area contributed by atoms with Crippen molar-refractivity contribution in [2.75, 3.05) is 0 Å². The van der Waals surface area contributed by atoms with Crippen LogP contribution >= 0.6 is 0 Å². The number of benzene rings is 1. The monoisotopic (exact) mass is 322 g/mol. The van der Waals surface area contributed by atoms with E-state index in [9.17, 15) is 4.79 Å². The smallest absolute Gasteiger partial charge is 0.220 e. The lowest BCUT2D eigenvalue weighted by atomic mass is 10.1. The van der Waals surface area contributed by atoms with Gasteiger partial charge < -0.3 is 14.9 Å². The molecule has 1 aliphatic heterocycles. The number of hydrogen-bond donors (Lipinski definition) is 2. The molecular formula is C19H22N4O. The second-order valence-corrected chi connectivity index (χ2v) is 6.61. The molecule has 1 aromatic carbocycles. The van der Waals surface area contributed by atoms with Crippen molar-refractivity contribution in [3.8, 4) is 0 Å². The predicted molar refractivity (Wildman–Crippen MR) is 93.8 cm³/mol. The number of aromatic amines is 1. The molecule has 0 saturated heterocycles. The van der Waals surface area contributed by atoms with E-state index in [2.05, 4.69) is 38.2 Å². The van der Waals surface area contributed by atoms with Crippen molar-refractivity contribution in [2.24, 2.45) is 0 Å². The SMILES string of the molecule is Cc1cn2c(n1)CC[C@H](NC(=O)CCc1c[nH]c3ccccc13)C2. The minimum absolute atomic E-state index is 0.130. The molecule has 0 aliphatic carbocycles. The van der Waals surface area contributed by atoms with Crippen LogP contribution in [0.1, 0.15) is 29.9 Å². The second-order valence-electron chi connectivity index (χ2n) is 6.61. The number of hydrogen-bond acceptors (Lipinski definition) is 2. The van der Waals surface area contributed by atoms with Crippen LogP contribution in [0.3, 0.4) is 0 Å². The molecule has 0 spiro atoms. The Bertz CT molecular complexity index is 877. The number of nitrogens with zero attached hydrogens (tertiary/aromatic N) is 2. The Morgan fingerprint density at radius 3 is 3.21 bits per heavy atom. The molecule has 3 aromatic rings. The number of carbonyl (C=O) groups excluding carboxylic acids is 1. The van der Waals surface area contributed by atoms with Gasteiger partial charge in [-0.05, 0) is 31.4 Å². The summed E-state index contributed by atoms with van der Waals surface area (Å²) in [5.74, 6) is 1.27. The molecule has 1 amide bonds. The largest absolute Gasteiger partial charge is 0.361 e. The summed E-state index contributed by atoms with van der Waals surface area (Å²) < 4.78 is 2.17. The highest BCUT2D eigenvalue weighted by molar-refractivity contribution is 5.84. The van der Waals surface area contributed by atoms with Crippen molar-refractivity contribution >= 4 is 16.8 Å². The molecule has 2 aromatic heterocycles. The number of aryl methyl sites for hydroxylation is 3. The van der Waals surface area contributed by atoms with E-state index in [0.29, 0.717) is 6.42 Å². The van der Waals surface area contributed by atoms with Crippen molar-refractivity contribution in [3.05, 3.63) is 53.7 Å². The lowest BCUT2D eigenvalue weighted by Gasteiger charge is -2.24. The van der Waals surface area contributed by atoms with Crippen molar-refractivity contribution in [2.45, 2.75) is 45.2 Å². The third-order valence-corrected chi connectivity index (χ3v) is 4.77. The number of H-pyrrole nitrogens is 1. The average molecular weight is 322 g/mol. The number of fused-ring (bicyclic) bond motifs is 2. The Kier molecular flexibility index (Phi) is 3.84. The van der Waals surface area contributed by atoms with Gasteiger partial charge in [0.05, 0.1) is 5.69 Å². The summed E-state index contributed by atoms with van der Waals surface area (Å²) in [5, 5.41) is 4.39. The highest BCUT2D eigenvalue weighted by Crippen LogP contribution is 2.19. The van der Waals surface area contributed by atoms with Crippen LogP contribution in [-0.2, 0) is 24.2 Å². The van der Waals surface area contributed by atoms with Crippen molar-refractivity contribution < 1.29 is 4.79 Å². The van der Waals surface area contributed by atoms with Gasteiger partial charge in [0, 0.05) is 48.7 Å². The Morgan fingerprint density at radius 2 is 2.29 bits per heavy atom. The number of amides is 1. The van der Waals surface area contributed by atoms with E-state index >= 15 is 0 Å². The zero-order valence-corrected chi connectivity index (χ0v) is 13.9. The van der Waals surface area contributed by atoms with E-state index in [1.807, 2.05) is 25.3 Å². The van der Waals surface area contributed by atoms with Gasteiger partial charge in [-0.2, -0.15) is 0 Å². The van der Waals surface area contributed by atoms with E-state index in [1.165, 1.54) is 10.9 Å². The molecule has 124 valence electrons. The fraction of sp³-hybridized carbons (Fsp3) is 0.368. The normalized spacial score (nSPS) is 17.0. The van der Waals surface area contributed by atoms with Gasteiger partial charge >= 0.3 is 0 Å². The minimum atomic E-state index is 0.130. The van der Waals surface area contributed by atoms with Crippen molar-refractivity contribution in [3.63, 3.8) is 0 Å². The summed E-state index contributed by atoms with van der Waals surface area (Å²) in [5.41, 5.74) is 3.39. The van der Waals surface area contributed by atoms with Gasteiger partial charge in [0.1, 0.15) is 5.82 Å². The quantitative estimate of drug-likeness (QED) is 0.776. The Morgan fingerprint density at radius 1 is 1.42 bits per heavy atom. The number of imidazole rings is 1. The predicted octanol–water partition coefficient (Wildman–Crippen LogP) is 2.74. The molecule has 4 rings (SSSR count). The van der Waals surface area contributed by atoms with Gasteiger partial charge in [0.25, 0.3) is 0 Å². The molecule has 0 bridgehead atoms.